The van der Waals surface area contributed by atoms with Gasteiger partial charge in [-0.05, 0) is 31.5 Å². The van der Waals surface area contributed by atoms with E-state index in [2.05, 4.69) is 57.3 Å². The summed E-state index contributed by atoms with van der Waals surface area (Å²) < 4.78 is 2.06. The Morgan fingerprint density at radius 3 is 2.71 bits per heavy atom. The molecule has 1 unspecified atom stereocenters. The first-order valence-electron chi connectivity index (χ1n) is 7.35. The maximum absolute atomic E-state index is 4.65. The molecular weight excluding hydrogens is 260 g/mol. The molecule has 0 bridgehead atoms. The van der Waals surface area contributed by atoms with Crippen molar-refractivity contribution in [2.75, 3.05) is 11.9 Å². The third-order valence-corrected chi connectivity index (χ3v) is 4.20. The number of nitrogens with one attached hydrogen (secondary N) is 1. The van der Waals surface area contributed by atoms with Crippen molar-refractivity contribution < 1.29 is 0 Å². The lowest BCUT2D eigenvalue weighted by atomic mass is 9.97. The molecule has 4 nitrogen and oxygen atoms in total. The zero-order chi connectivity index (χ0) is 14.4. The van der Waals surface area contributed by atoms with Crippen molar-refractivity contribution in [3.05, 3.63) is 53.2 Å². The molecule has 4 rings (SSSR count). The molecule has 1 aliphatic rings. The van der Waals surface area contributed by atoms with E-state index in [1.807, 2.05) is 13.0 Å². The molecule has 0 saturated heterocycles. The second-order valence-electron chi connectivity index (χ2n) is 5.84. The highest BCUT2D eigenvalue weighted by Gasteiger charge is 2.23. The van der Waals surface area contributed by atoms with Gasteiger partial charge in [-0.3, -0.25) is 0 Å². The Balaban J connectivity index is 1.71. The Hall–Kier alpha value is -2.36. The normalized spacial score (nSPS) is 17.5. The Morgan fingerprint density at radius 2 is 1.90 bits per heavy atom. The summed E-state index contributed by atoms with van der Waals surface area (Å²) in [5.74, 6) is 1.55. The minimum Gasteiger partial charge on any atom is -0.369 e. The predicted molar refractivity (Wildman–Crippen MR) is 84.7 cm³/mol. The van der Waals surface area contributed by atoms with Gasteiger partial charge in [0.25, 0.3) is 0 Å². The molecule has 1 aliphatic heterocycles. The number of nitrogens with zero attached hydrogens (tertiary/aromatic N) is 3. The first kappa shape index (κ1) is 12.4. The Labute approximate surface area is 123 Å². The summed E-state index contributed by atoms with van der Waals surface area (Å²) in [5.41, 5.74) is 4.50. The van der Waals surface area contributed by atoms with Crippen molar-refractivity contribution >= 4 is 16.9 Å². The Kier molecular flexibility index (Phi) is 2.70. The molecule has 0 radical (unpaired) electrons. The summed E-state index contributed by atoms with van der Waals surface area (Å²) in [5, 5.41) is 9.29. The van der Waals surface area contributed by atoms with E-state index in [4.69, 9.17) is 0 Å². The number of anilines is 1. The number of pyridine rings is 1. The molecule has 4 heteroatoms. The second kappa shape index (κ2) is 4.58. The number of hydrogen-bond donors (Lipinski definition) is 1. The van der Waals surface area contributed by atoms with E-state index in [-0.39, 0.29) is 0 Å². The molecule has 106 valence electrons. The van der Waals surface area contributed by atoms with Gasteiger partial charge in [0.2, 0.25) is 0 Å². The number of benzene rings is 1. The molecule has 2 aromatic heterocycles. The van der Waals surface area contributed by atoms with Crippen LogP contribution in [0.5, 0.6) is 0 Å². The lowest BCUT2D eigenvalue weighted by Crippen LogP contribution is -2.26. The molecule has 3 aromatic rings. The maximum Gasteiger partial charge on any atom is 0.183 e. The van der Waals surface area contributed by atoms with Gasteiger partial charge < -0.3 is 5.32 Å². The summed E-state index contributed by atoms with van der Waals surface area (Å²) >= 11 is 0. The number of aryl methyl sites for hydroxylation is 2. The van der Waals surface area contributed by atoms with Crippen LogP contribution in [0.25, 0.3) is 11.0 Å². The molecule has 1 N–H and O–H groups in total. The van der Waals surface area contributed by atoms with Crippen LogP contribution < -0.4 is 5.32 Å². The van der Waals surface area contributed by atoms with Crippen molar-refractivity contribution in [2.45, 2.75) is 26.3 Å². The quantitative estimate of drug-likeness (QED) is 0.743. The summed E-state index contributed by atoms with van der Waals surface area (Å²) in [6.07, 6.45) is 0. The van der Waals surface area contributed by atoms with Crippen LogP contribution in [-0.2, 0) is 6.54 Å². The number of aromatic nitrogens is 3. The van der Waals surface area contributed by atoms with Crippen molar-refractivity contribution in [3.8, 4) is 0 Å². The van der Waals surface area contributed by atoms with Gasteiger partial charge in [0.1, 0.15) is 5.82 Å². The van der Waals surface area contributed by atoms with Crippen LogP contribution in [-0.4, -0.2) is 21.3 Å². The summed E-state index contributed by atoms with van der Waals surface area (Å²) in [4.78, 5) is 4.52. The molecule has 0 amide bonds. The average Bonchev–Trinajstić information content (AvgIpc) is 2.84. The minimum absolute atomic E-state index is 0.452. The van der Waals surface area contributed by atoms with Gasteiger partial charge in [-0.25, -0.2) is 9.67 Å². The summed E-state index contributed by atoms with van der Waals surface area (Å²) in [6.45, 7) is 5.97. The van der Waals surface area contributed by atoms with Gasteiger partial charge in [0.05, 0.1) is 11.9 Å². The van der Waals surface area contributed by atoms with Crippen molar-refractivity contribution in [1.29, 1.82) is 0 Å². The van der Waals surface area contributed by atoms with Crippen molar-refractivity contribution in [1.82, 2.24) is 14.8 Å². The lowest BCUT2D eigenvalue weighted by Gasteiger charge is -2.25. The molecule has 3 heterocycles. The topological polar surface area (TPSA) is 42.7 Å². The highest BCUT2D eigenvalue weighted by Crippen LogP contribution is 2.30. The van der Waals surface area contributed by atoms with Crippen LogP contribution in [0.4, 0.5) is 5.82 Å². The average molecular weight is 278 g/mol. The number of hydrogen-bond acceptors (Lipinski definition) is 3. The number of fused-ring (bicyclic) bond motifs is 3. The van der Waals surface area contributed by atoms with Gasteiger partial charge in [-0.15, -0.1) is 0 Å². The summed E-state index contributed by atoms with van der Waals surface area (Å²) in [6, 6.07) is 12.9. The Bertz CT molecular complexity index is 802. The molecule has 0 saturated carbocycles. The third kappa shape index (κ3) is 2.07. The fourth-order valence-corrected chi connectivity index (χ4v) is 2.98. The van der Waals surface area contributed by atoms with E-state index in [0.29, 0.717) is 5.92 Å². The van der Waals surface area contributed by atoms with Crippen LogP contribution in [0.1, 0.15) is 22.7 Å². The number of rotatable bonds is 1. The van der Waals surface area contributed by atoms with E-state index >= 15 is 0 Å². The SMILES string of the molecule is Cc1ccc(C2CNc3c4ccc(C)nc4nn3C2)cc1. The standard InChI is InChI=1S/C17H18N4/c1-11-3-6-13(7-4-11)14-9-18-17-15-8-5-12(2)19-16(15)20-21(17)10-14/h3-8,14,18H,9-10H2,1-2H3. The molecule has 0 aliphatic carbocycles. The van der Waals surface area contributed by atoms with E-state index in [0.717, 1.165) is 35.6 Å². The smallest absolute Gasteiger partial charge is 0.183 e. The molecule has 21 heavy (non-hydrogen) atoms. The highest BCUT2D eigenvalue weighted by molar-refractivity contribution is 5.87. The molecule has 1 atom stereocenters. The van der Waals surface area contributed by atoms with E-state index in [1.165, 1.54) is 11.1 Å². The zero-order valence-electron chi connectivity index (χ0n) is 12.3. The van der Waals surface area contributed by atoms with Gasteiger partial charge in [0.15, 0.2) is 5.65 Å². The fraction of sp³-hybridized carbons (Fsp3) is 0.294. The third-order valence-electron chi connectivity index (χ3n) is 4.20. The molecule has 0 spiro atoms. The van der Waals surface area contributed by atoms with E-state index < -0.39 is 0 Å². The Morgan fingerprint density at radius 1 is 1.10 bits per heavy atom. The van der Waals surface area contributed by atoms with Crippen LogP contribution in [0, 0.1) is 13.8 Å². The van der Waals surface area contributed by atoms with E-state index in [1.54, 1.807) is 0 Å². The molecule has 0 fully saturated rings. The van der Waals surface area contributed by atoms with Crippen LogP contribution in [0.15, 0.2) is 36.4 Å². The lowest BCUT2D eigenvalue weighted by molar-refractivity contribution is 0.508. The molecule has 1 aromatic carbocycles. The van der Waals surface area contributed by atoms with Gasteiger partial charge >= 0.3 is 0 Å². The maximum atomic E-state index is 4.65. The predicted octanol–water partition coefficient (Wildman–Crippen LogP) is 3.26. The van der Waals surface area contributed by atoms with Gasteiger partial charge in [-0.2, -0.15) is 5.10 Å². The van der Waals surface area contributed by atoms with Gasteiger partial charge in [-0.1, -0.05) is 29.8 Å². The van der Waals surface area contributed by atoms with Crippen molar-refractivity contribution in [3.63, 3.8) is 0 Å². The summed E-state index contributed by atoms with van der Waals surface area (Å²) in [7, 11) is 0. The highest BCUT2D eigenvalue weighted by atomic mass is 15.4. The van der Waals surface area contributed by atoms with Crippen LogP contribution in [0.3, 0.4) is 0 Å². The van der Waals surface area contributed by atoms with E-state index in [9.17, 15) is 0 Å². The van der Waals surface area contributed by atoms with Gasteiger partial charge in [0, 0.05) is 18.2 Å². The van der Waals surface area contributed by atoms with Crippen molar-refractivity contribution in [2.24, 2.45) is 0 Å². The first-order valence-corrected chi connectivity index (χ1v) is 7.35. The van der Waals surface area contributed by atoms with Crippen LogP contribution >= 0.6 is 0 Å². The second-order valence-corrected chi connectivity index (χ2v) is 5.84. The zero-order valence-corrected chi connectivity index (χ0v) is 12.3. The molecular formula is C17H18N4. The van der Waals surface area contributed by atoms with Crippen LogP contribution in [0.2, 0.25) is 0 Å². The first-order chi connectivity index (χ1) is 10.2. The monoisotopic (exact) mass is 278 g/mol. The minimum atomic E-state index is 0.452. The fourth-order valence-electron chi connectivity index (χ4n) is 2.98. The largest absolute Gasteiger partial charge is 0.369 e.